The summed E-state index contributed by atoms with van der Waals surface area (Å²) in [7, 11) is 1.49. The molecule has 0 bridgehead atoms. The molecule has 0 radical (unpaired) electrons. The van der Waals surface area contributed by atoms with Gasteiger partial charge in [0, 0.05) is 44.1 Å². The number of carbonyl (C=O) groups excluding carboxylic acids is 2. The lowest BCUT2D eigenvalue weighted by Gasteiger charge is -2.40. The van der Waals surface area contributed by atoms with Crippen molar-refractivity contribution in [3.05, 3.63) is 63.1 Å². The highest BCUT2D eigenvalue weighted by Gasteiger charge is 2.37. The number of halogens is 2. The quantitative estimate of drug-likeness (QED) is 0.719. The lowest BCUT2D eigenvalue weighted by atomic mass is 10.1. The molecule has 0 saturated carbocycles. The summed E-state index contributed by atoms with van der Waals surface area (Å²) in [6.07, 6.45) is 1.20. The summed E-state index contributed by atoms with van der Waals surface area (Å²) in [4.78, 5) is 39.6. The highest BCUT2D eigenvalue weighted by Crippen LogP contribution is 2.25. The molecule has 0 spiro atoms. The second kappa shape index (κ2) is 8.84. The fourth-order valence-electron chi connectivity index (χ4n) is 3.70. The van der Waals surface area contributed by atoms with Crippen LogP contribution >= 0.6 is 0 Å². The number of pyridine rings is 1. The first-order valence-corrected chi connectivity index (χ1v) is 9.65. The number of nitrogens with zero attached hydrogens (tertiary/aromatic N) is 2. The number of rotatable bonds is 6. The molecular weight excluding hydrogens is 412 g/mol. The van der Waals surface area contributed by atoms with Crippen LogP contribution in [0.3, 0.4) is 0 Å². The zero-order valence-corrected chi connectivity index (χ0v) is 17.3. The van der Waals surface area contributed by atoms with Crippen molar-refractivity contribution in [3.8, 4) is 5.75 Å². The van der Waals surface area contributed by atoms with E-state index in [1.54, 1.807) is 0 Å². The van der Waals surface area contributed by atoms with Gasteiger partial charge in [-0.15, -0.1) is 0 Å². The van der Waals surface area contributed by atoms with Gasteiger partial charge in [-0.25, -0.2) is 8.78 Å². The highest BCUT2D eigenvalue weighted by molar-refractivity contribution is 5.99. The second-order valence-corrected chi connectivity index (χ2v) is 7.56. The molecule has 1 aromatic carbocycles. The maximum atomic E-state index is 13.8. The number of amides is 2. The standard InChI is InChI=1S/C21H23F2N3O5/c1-11(2)26-14(10-31-3)8-25-9-15(18(27)19(28)17(25)21(26)30)20(29)24-7-12-4-5-13(22)6-16(12)23/h4-6,9,11,14,28H,7-8,10H2,1-3H3,(H,24,29)/t14-/m1/s1. The number of carbonyl (C=O) groups is 2. The fourth-order valence-corrected chi connectivity index (χ4v) is 3.70. The van der Waals surface area contributed by atoms with Crippen molar-refractivity contribution in [1.29, 1.82) is 0 Å². The zero-order valence-electron chi connectivity index (χ0n) is 17.3. The number of aromatic hydroxyl groups is 1. The van der Waals surface area contributed by atoms with Gasteiger partial charge < -0.3 is 24.6 Å². The van der Waals surface area contributed by atoms with Crippen LogP contribution in [0.25, 0.3) is 0 Å². The van der Waals surface area contributed by atoms with Gasteiger partial charge >= 0.3 is 0 Å². The van der Waals surface area contributed by atoms with Crippen molar-refractivity contribution in [1.82, 2.24) is 14.8 Å². The van der Waals surface area contributed by atoms with Crippen LogP contribution in [0.2, 0.25) is 0 Å². The smallest absolute Gasteiger partial charge is 0.275 e. The van der Waals surface area contributed by atoms with E-state index in [0.29, 0.717) is 6.07 Å². The topological polar surface area (TPSA) is 101 Å². The van der Waals surface area contributed by atoms with E-state index in [9.17, 15) is 28.3 Å². The molecule has 3 rings (SSSR count). The lowest BCUT2D eigenvalue weighted by molar-refractivity contribution is 0.0306. The number of ether oxygens (including phenoxy) is 1. The average molecular weight is 435 g/mol. The minimum atomic E-state index is -1.01. The summed E-state index contributed by atoms with van der Waals surface area (Å²) in [5, 5.41) is 12.8. The van der Waals surface area contributed by atoms with Gasteiger partial charge in [0.25, 0.3) is 11.8 Å². The van der Waals surface area contributed by atoms with E-state index in [1.807, 2.05) is 13.8 Å². The maximum absolute atomic E-state index is 13.8. The van der Waals surface area contributed by atoms with Crippen molar-refractivity contribution < 1.29 is 28.2 Å². The number of hydrogen-bond donors (Lipinski definition) is 2. The van der Waals surface area contributed by atoms with Crippen molar-refractivity contribution in [3.63, 3.8) is 0 Å². The van der Waals surface area contributed by atoms with Crippen LogP contribution < -0.4 is 10.7 Å². The van der Waals surface area contributed by atoms with Crippen LogP contribution in [0.4, 0.5) is 8.78 Å². The van der Waals surface area contributed by atoms with E-state index >= 15 is 0 Å². The molecule has 8 nitrogen and oxygen atoms in total. The van der Waals surface area contributed by atoms with E-state index in [2.05, 4.69) is 5.32 Å². The van der Waals surface area contributed by atoms with Crippen molar-refractivity contribution in [2.75, 3.05) is 13.7 Å². The Kier molecular flexibility index (Phi) is 6.40. The van der Waals surface area contributed by atoms with Gasteiger partial charge in [0.2, 0.25) is 5.43 Å². The minimum Gasteiger partial charge on any atom is -0.503 e. The Morgan fingerprint density at radius 3 is 2.65 bits per heavy atom. The molecule has 10 heteroatoms. The Hall–Kier alpha value is -3.27. The van der Waals surface area contributed by atoms with E-state index in [1.165, 1.54) is 28.8 Å². The molecule has 1 aliphatic rings. The molecular formula is C21H23F2N3O5. The molecule has 1 aromatic heterocycles. The van der Waals surface area contributed by atoms with Gasteiger partial charge in [0.15, 0.2) is 11.4 Å². The molecule has 166 valence electrons. The Labute approximate surface area is 177 Å². The van der Waals surface area contributed by atoms with Crippen LogP contribution in [-0.4, -0.2) is 52.2 Å². The van der Waals surface area contributed by atoms with Crippen LogP contribution in [-0.2, 0) is 17.8 Å². The molecule has 2 aromatic rings. The molecule has 31 heavy (non-hydrogen) atoms. The van der Waals surface area contributed by atoms with E-state index in [-0.39, 0.29) is 43.0 Å². The summed E-state index contributed by atoms with van der Waals surface area (Å²) < 4.78 is 33.4. The molecule has 0 aliphatic carbocycles. The Morgan fingerprint density at radius 1 is 1.32 bits per heavy atom. The predicted octanol–water partition coefficient (Wildman–Crippen LogP) is 1.64. The number of nitrogens with one attached hydrogen (secondary N) is 1. The highest BCUT2D eigenvalue weighted by atomic mass is 19.1. The molecule has 2 N–H and O–H groups in total. The molecule has 0 saturated heterocycles. The second-order valence-electron chi connectivity index (χ2n) is 7.56. The van der Waals surface area contributed by atoms with Gasteiger partial charge in [-0.2, -0.15) is 0 Å². The molecule has 2 heterocycles. The summed E-state index contributed by atoms with van der Waals surface area (Å²) >= 11 is 0. The molecule has 2 amide bonds. The van der Waals surface area contributed by atoms with Gasteiger partial charge in [-0.05, 0) is 19.9 Å². The first kappa shape index (κ1) is 22.4. The van der Waals surface area contributed by atoms with Crippen molar-refractivity contribution in [2.24, 2.45) is 0 Å². The van der Waals surface area contributed by atoms with Crippen LogP contribution in [0.1, 0.15) is 40.3 Å². The molecule has 0 fully saturated rings. The number of benzene rings is 1. The number of hydrogen-bond acceptors (Lipinski definition) is 5. The van der Waals surface area contributed by atoms with Crippen molar-refractivity contribution >= 4 is 11.8 Å². The Balaban J connectivity index is 1.93. The fraction of sp³-hybridized carbons (Fsp3) is 0.381. The number of aromatic nitrogens is 1. The van der Waals surface area contributed by atoms with Gasteiger partial charge in [0.05, 0.1) is 12.6 Å². The summed E-state index contributed by atoms with van der Waals surface area (Å²) in [5.74, 6) is -3.82. The van der Waals surface area contributed by atoms with Crippen LogP contribution in [0, 0.1) is 11.6 Å². The molecule has 1 atom stereocenters. The lowest BCUT2D eigenvalue weighted by Crippen LogP contribution is -2.54. The minimum absolute atomic E-state index is 0.0277. The first-order valence-electron chi connectivity index (χ1n) is 9.65. The average Bonchev–Trinajstić information content (AvgIpc) is 2.69. The molecule has 0 unspecified atom stereocenters. The third-order valence-electron chi connectivity index (χ3n) is 5.11. The van der Waals surface area contributed by atoms with Gasteiger partial charge in [-0.1, -0.05) is 6.07 Å². The van der Waals surface area contributed by atoms with E-state index in [0.717, 1.165) is 6.07 Å². The van der Waals surface area contributed by atoms with Gasteiger partial charge in [0.1, 0.15) is 17.2 Å². The SMILES string of the molecule is COC[C@H]1Cn2cc(C(=O)NCc3ccc(F)cc3F)c(=O)c(O)c2C(=O)N1C(C)C. The van der Waals surface area contributed by atoms with Crippen LogP contribution in [0.5, 0.6) is 5.75 Å². The number of methoxy groups -OCH3 is 1. The van der Waals surface area contributed by atoms with E-state index in [4.69, 9.17) is 4.74 Å². The monoisotopic (exact) mass is 435 g/mol. The van der Waals surface area contributed by atoms with Gasteiger partial charge in [-0.3, -0.25) is 14.4 Å². The predicted molar refractivity (Wildman–Crippen MR) is 107 cm³/mol. The summed E-state index contributed by atoms with van der Waals surface area (Å²) in [5.41, 5.74) is -1.58. The normalized spacial score (nSPS) is 15.9. The first-order chi connectivity index (χ1) is 14.6. The van der Waals surface area contributed by atoms with E-state index < -0.39 is 40.2 Å². The largest absolute Gasteiger partial charge is 0.503 e. The zero-order chi connectivity index (χ0) is 22.9. The maximum Gasteiger partial charge on any atom is 0.275 e. The third kappa shape index (κ3) is 4.29. The summed E-state index contributed by atoms with van der Waals surface area (Å²) in [6, 6.07) is 2.34. The van der Waals surface area contributed by atoms with Crippen LogP contribution in [0.15, 0.2) is 29.2 Å². The van der Waals surface area contributed by atoms with Crippen molar-refractivity contribution in [2.45, 2.75) is 39.0 Å². The molecule has 1 aliphatic heterocycles. The summed E-state index contributed by atoms with van der Waals surface area (Å²) in [6.45, 7) is 3.75. The Morgan fingerprint density at radius 2 is 2.03 bits per heavy atom. The Bertz CT molecular complexity index is 1080. The number of fused-ring (bicyclic) bond motifs is 1. The third-order valence-corrected chi connectivity index (χ3v) is 5.11.